The van der Waals surface area contributed by atoms with Gasteiger partial charge in [0.05, 0.1) is 17.4 Å². The van der Waals surface area contributed by atoms with Crippen molar-refractivity contribution >= 4 is 11.6 Å². The molecule has 3 rings (SSSR count). The van der Waals surface area contributed by atoms with Crippen molar-refractivity contribution in [2.24, 2.45) is 5.92 Å². The predicted molar refractivity (Wildman–Crippen MR) is 91.5 cm³/mol. The summed E-state index contributed by atoms with van der Waals surface area (Å²) in [6.45, 7) is 6.70. The lowest BCUT2D eigenvalue weighted by Crippen LogP contribution is -2.15. The van der Waals surface area contributed by atoms with Crippen LogP contribution in [-0.2, 0) is 6.54 Å². The number of benzene rings is 1. The fourth-order valence-electron chi connectivity index (χ4n) is 2.50. The van der Waals surface area contributed by atoms with Crippen LogP contribution in [0.15, 0.2) is 30.7 Å². The number of aromatic amines is 1. The zero-order valence-electron chi connectivity index (χ0n) is 14.2. The first-order valence-corrected chi connectivity index (χ1v) is 7.94. The lowest BCUT2D eigenvalue weighted by atomic mass is 10.1. The highest BCUT2D eigenvalue weighted by atomic mass is 19.1. The summed E-state index contributed by atoms with van der Waals surface area (Å²) in [5, 5.41) is 13.2. The number of amides is 1. The highest BCUT2D eigenvalue weighted by Crippen LogP contribution is 2.22. The number of rotatable bonds is 5. The normalized spacial score (nSPS) is 11.1. The van der Waals surface area contributed by atoms with Gasteiger partial charge in [0.1, 0.15) is 12.1 Å². The third-order valence-electron chi connectivity index (χ3n) is 3.79. The molecule has 1 amide bonds. The Kier molecular flexibility index (Phi) is 4.60. The molecule has 0 aliphatic carbocycles. The number of nitrogens with one attached hydrogen (secondary N) is 2. The molecule has 25 heavy (non-hydrogen) atoms. The number of carbonyl (C=O) groups excluding carboxylic acids is 1. The van der Waals surface area contributed by atoms with Crippen molar-refractivity contribution in [1.29, 1.82) is 0 Å². The Morgan fingerprint density at radius 3 is 2.84 bits per heavy atom. The van der Waals surface area contributed by atoms with Crippen molar-refractivity contribution in [3.63, 3.8) is 0 Å². The van der Waals surface area contributed by atoms with Crippen LogP contribution in [-0.4, -0.2) is 30.9 Å². The Labute approximate surface area is 144 Å². The molecular formula is C17H19FN6O. The van der Waals surface area contributed by atoms with Crippen molar-refractivity contribution in [1.82, 2.24) is 25.0 Å². The zero-order chi connectivity index (χ0) is 18.0. The van der Waals surface area contributed by atoms with E-state index in [2.05, 4.69) is 39.4 Å². The van der Waals surface area contributed by atoms with Crippen LogP contribution >= 0.6 is 0 Å². The van der Waals surface area contributed by atoms with Gasteiger partial charge < -0.3 is 5.32 Å². The van der Waals surface area contributed by atoms with E-state index < -0.39 is 5.82 Å². The van der Waals surface area contributed by atoms with Crippen molar-refractivity contribution in [2.75, 3.05) is 5.32 Å². The monoisotopic (exact) mass is 342 g/mol. The first-order valence-electron chi connectivity index (χ1n) is 7.94. The Balaban J connectivity index is 1.78. The Bertz CT molecular complexity index is 885. The van der Waals surface area contributed by atoms with Gasteiger partial charge in [-0.1, -0.05) is 13.8 Å². The van der Waals surface area contributed by atoms with Gasteiger partial charge in [0.15, 0.2) is 5.82 Å². The molecule has 3 aromatic rings. The number of carbonyl (C=O) groups is 1. The summed E-state index contributed by atoms with van der Waals surface area (Å²) in [4.78, 5) is 16.4. The maximum absolute atomic E-state index is 14.3. The molecule has 0 bridgehead atoms. The SMILES string of the molecule is Cc1c(C(=O)Nc2ccc(-c3ncn[nH]3)cc2F)cnn1CC(C)C. The van der Waals surface area contributed by atoms with E-state index in [1.54, 1.807) is 10.7 Å². The number of aromatic nitrogens is 5. The third-order valence-corrected chi connectivity index (χ3v) is 3.79. The number of hydrogen-bond donors (Lipinski definition) is 2. The van der Waals surface area contributed by atoms with Gasteiger partial charge >= 0.3 is 0 Å². The lowest BCUT2D eigenvalue weighted by Gasteiger charge is -2.09. The molecule has 8 heteroatoms. The van der Waals surface area contributed by atoms with Gasteiger partial charge in [-0.3, -0.25) is 14.6 Å². The number of nitrogens with zero attached hydrogens (tertiary/aromatic N) is 4. The number of halogens is 1. The van der Waals surface area contributed by atoms with E-state index in [1.165, 1.54) is 24.7 Å². The average Bonchev–Trinajstić information content (AvgIpc) is 3.20. The van der Waals surface area contributed by atoms with Crippen molar-refractivity contribution in [2.45, 2.75) is 27.3 Å². The van der Waals surface area contributed by atoms with Crippen LogP contribution in [0.4, 0.5) is 10.1 Å². The van der Waals surface area contributed by atoms with E-state index in [1.807, 2.05) is 6.92 Å². The molecule has 0 aliphatic heterocycles. The maximum Gasteiger partial charge on any atom is 0.259 e. The second-order valence-corrected chi connectivity index (χ2v) is 6.20. The van der Waals surface area contributed by atoms with Crippen molar-refractivity contribution in [3.05, 3.63) is 47.8 Å². The fourth-order valence-corrected chi connectivity index (χ4v) is 2.50. The first-order chi connectivity index (χ1) is 12.0. The summed E-state index contributed by atoms with van der Waals surface area (Å²) in [6.07, 6.45) is 2.86. The molecule has 0 saturated heterocycles. The number of H-pyrrole nitrogens is 1. The quantitative estimate of drug-likeness (QED) is 0.746. The van der Waals surface area contributed by atoms with E-state index in [-0.39, 0.29) is 11.6 Å². The summed E-state index contributed by atoms with van der Waals surface area (Å²) in [7, 11) is 0. The van der Waals surface area contributed by atoms with Crippen LogP contribution in [0.3, 0.4) is 0 Å². The van der Waals surface area contributed by atoms with E-state index >= 15 is 0 Å². The molecule has 0 radical (unpaired) electrons. The molecule has 0 unspecified atom stereocenters. The number of anilines is 1. The van der Waals surface area contributed by atoms with Gasteiger partial charge in [-0.2, -0.15) is 10.2 Å². The topological polar surface area (TPSA) is 88.5 Å². The molecule has 0 atom stereocenters. The Hall–Kier alpha value is -3.03. The Morgan fingerprint density at radius 2 is 2.20 bits per heavy atom. The van der Waals surface area contributed by atoms with Gasteiger partial charge in [0.2, 0.25) is 0 Å². The van der Waals surface area contributed by atoms with Gasteiger partial charge in [-0.25, -0.2) is 9.37 Å². The third kappa shape index (κ3) is 3.57. The molecule has 2 aromatic heterocycles. The average molecular weight is 342 g/mol. The van der Waals surface area contributed by atoms with Crippen LogP contribution in [0, 0.1) is 18.7 Å². The molecule has 0 spiro atoms. The van der Waals surface area contributed by atoms with Crippen LogP contribution in [0.25, 0.3) is 11.4 Å². The zero-order valence-corrected chi connectivity index (χ0v) is 14.2. The summed E-state index contributed by atoms with van der Waals surface area (Å²) in [5.41, 5.74) is 1.84. The smallest absolute Gasteiger partial charge is 0.259 e. The largest absolute Gasteiger partial charge is 0.319 e. The summed E-state index contributed by atoms with van der Waals surface area (Å²) >= 11 is 0. The molecule has 2 heterocycles. The second kappa shape index (κ2) is 6.84. The molecule has 0 fully saturated rings. The first kappa shape index (κ1) is 16.8. The molecular weight excluding hydrogens is 323 g/mol. The van der Waals surface area contributed by atoms with Crippen LogP contribution in [0.1, 0.15) is 29.9 Å². The lowest BCUT2D eigenvalue weighted by molar-refractivity contribution is 0.102. The molecule has 130 valence electrons. The van der Waals surface area contributed by atoms with E-state index in [0.717, 1.165) is 12.2 Å². The Morgan fingerprint density at radius 1 is 1.40 bits per heavy atom. The number of hydrogen-bond acceptors (Lipinski definition) is 4. The molecule has 1 aromatic carbocycles. The minimum absolute atomic E-state index is 0.101. The minimum atomic E-state index is -0.547. The van der Waals surface area contributed by atoms with Gasteiger partial charge in [-0.05, 0) is 31.0 Å². The molecule has 0 saturated carbocycles. The van der Waals surface area contributed by atoms with E-state index in [9.17, 15) is 9.18 Å². The summed E-state index contributed by atoms with van der Waals surface area (Å²) in [6, 6.07) is 4.46. The summed E-state index contributed by atoms with van der Waals surface area (Å²) in [5.74, 6) is -0.0635. The van der Waals surface area contributed by atoms with Crippen LogP contribution in [0.5, 0.6) is 0 Å². The highest BCUT2D eigenvalue weighted by Gasteiger charge is 2.17. The molecule has 2 N–H and O–H groups in total. The van der Waals surface area contributed by atoms with Gasteiger partial charge in [0.25, 0.3) is 5.91 Å². The second-order valence-electron chi connectivity index (χ2n) is 6.20. The fraction of sp³-hybridized carbons (Fsp3) is 0.294. The van der Waals surface area contributed by atoms with Gasteiger partial charge in [0, 0.05) is 17.8 Å². The van der Waals surface area contributed by atoms with Crippen molar-refractivity contribution in [3.8, 4) is 11.4 Å². The van der Waals surface area contributed by atoms with Crippen LogP contribution < -0.4 is 5.32 Å². The van der Waals surface area contributed by atoms with Crippen molar-refractivity contribution < 1.29 is 9.18 Å². The van der Waals surface area contributed by atoms with E-state index in [4.69, 9.17) is 0 Å². The standard InChI is InChI=1S/C17H19FN6O/c1-10(2)8-24-11(3)13(7-21-24)17(25)22-15-5-4-12(6-14(15)18)16-19-9-20-23-16/h4-7,9-10H,8H2,1-3H3,(H,22,25)(H,19,20,23). The minimum Gasteiger partial charge on any atom is -0.319 e. The molecule has 7 nitrogen and oxygen atoms in total. The van der Waals surface area contributed by atoms with E-state index in [0.29, 0.717) is 22.9 Å². The predicted octanol–water partition coefficient (Wildman–Crippen LogP) is 3.02. The highest BCUT2D eigenvalue weighted by molar-refractivity contribution is 6.05. The molecule has 0 aliphatic rings. The van der Waals surface area contributed by atoms with Crippen LogP contribution in [0.2, 0.25) is 0 Å². The maximum atomic E-state index is 14.3. The van der Waals surface area contributed by atoms with Gasteiger partial charge in [-0.15, -0.1) is 0 Å². The summed E-state index contributed by atoms with van der Waals surface area (Å²) < 4.78 is 16.1.